The van der Waals surface area contributed by atoms with Gasteiger partial charge < -0.3 is 9.64 Å². The molecule has 1 saturated heterocycles. The fraction of sp³-hybridized carbons (Fsp3) is 0.538. The van der Waals surface area contributed by atoms with Crippen molar-refractivity contribution in [3.05, 3.63) is 23.9 Å². The topological polar surface area (TPSA) is 42.4 Å². The van der Waals surface area contributed by atoms with Gasteiger partial charge >= 0.3 is 0 Å². The largest absolute Gasteiger partial charge is 0.480 e. The van der Waals surface area contributed by atoms with Gasteiger partial charge in [0.05, 0.1) is 7.11 Å². The van der Waals surface area contributed by atoms with E-state index < -0.39 is 0 Å². The number of pyridine rings is 1. The Labute approximate surface area is 115 Å². The van der Waals surface area contributed by atoms with Crippen LogP contribution in [0, 0.1) is 5.92 Å². The van der Waals surface area contributed by atoms with Crippen LogP contribution in [0.2, 0.25) is 0 Å². The number of likely N-dealkylation sites (tertiary alicyclic amines) is 1. The van der Waals surface area contributed by atoms with E-state index in [1.165, 1.54) is 7.11 Å². The molecule has 0 spiro atoms. The van der Waals surface area contributed by atoms with Crippen molar-refractivity contribution in [2.24, 2.45) is 5.92 Å². The summed E-state index contributed by atoms with van der Waals surface area (Å²) < 4.78 is 5.14. The van der Waals surface area contributed by atoms with Gasteiger partial charge in [-0.05, 0) is 24.5 Å². The number of piperidine rings is 1. The first-order chi connectivity index (χ1) is 8.63. The van der Waals surface area contributed by atoms with Crippen LogP contribution in [0.3, 0.4) is 0 Å². The van der Waals surface area contributed by atoms with Crippen molar-refractivity contribution >= 4 is 21.8 Å². The molecule has 2 atom stereocenters. The van der Waals surface area contributed by atoms with Crippen LogP contribution in [0.15, 0.2) is 18.3 Å². The van der Waals surface area contributed by atoms with Gasteiger partial charge in [0.2, 0.25) is 5.88 Å². The lowest BCUT2D eigenvalue weighted by atomic mass is 9.99. The molecule has 0 aliphatic carbocycles. The molecule has 0 radical (unpaired) electrons. The third-order valence-electron chi connectivity index (χ3n) is 3.28. The summed E-state index contributed by atoms with van der Waals surface area (Å²) in [5.74, 6) is 0.868. The Hall–Kier alpha value is -1.10. The normalized spacial score (nSPS) is 23.8. The molecule has 98 valence electrons. The molecule has 2 rings (SSSR count). The molecule has 4 nitrogen and oxygen atoms in total. The first kappa shape index (κ1) is 13.3. The summed E-state index contributed by atoms with van der Waals surface area (Å²) in [7, 11) is 1.53. The fourth-order valence-corrected chi connectivity index (χ4v) is 2.56. The molecule has 0 N–H and O–H groups in total. The Bertz CT molecular complexity index is 439. The SMILES string of the molecule is COc1ncccc1C(=O)N1CCC(Br)C(C)C1. The highest BCUT2D eigenvalue weighted by Crippen LogP contribution is 2.25. The summed E-state index contributed by atoms with van der Waals surface area (Å²) in [4.78, 5) is 18.9. The molecule has 1 aliphatic heterocycles. The highest BCUT2D eigenvalue weighted by molar-refractivity contribution is 9.09. The maximum atomic E-state index is 12.4. The number of hydrogen-bond acceptors (Lipinski definition) is 3. The predicted molar refractivity (Wildman–Crippen MR) is 73.2 cm³/mol. The van der Waals surface area contributed by atoms with Crippen molar-refractivity contribution in [2.45, 2.75) is 18.2 Å². The molecule has 1 fully saturated rings. The van der Waals surface area contributed by atoms with Gasteiger partial charge in [0.25, 0.3) is 5.91 Å². The highest BCUT2D eigenvalue weighted by Gasteiger charge is 2.28. The molecule has 5 heteroatoms. The van der Waals surface area contributed by atoms with Gasteiger partial charge in [0.1, 0.15) is 5.56 Å². The van der Waals surface area contributed by atoms with E-state index >= 15 is 0 Å². The summed E-state index contributed by atoms with van der Waals surface area (Å²) in [5, 5.41) is 0. The molecule has 0 saturated carbocycles. The van der Waals surface area contributed by atoms with E-state index in [4.69, 9.17) is 4.74 Å². The zero-order valence-electron chi connectivity index (χ0n) is 10.6. The van der Waals surface area contributed by atoms with Crippen molar-refractivity contribution in [3.8, 4) is 5.88 Å². The molecule has 2 unspecified atom stereocenters. The maximum Gasteiger partial charge on any atom is 0.259 e. The molecular weight excluding hydrogens is 296 g/mol. The van der Waals surface area contributed by atoms with E-state index in [0.717, 1.165) is 19.5 Å². The number of aromatic nitrogens is 1. The van der Waals surface area contributed by atoms with Crippen LogP contribution < -0.4 is 4.74 Å². The summed E-state index contributed by atoms with van der Waals surface area (Å²) in [6.45, 7) is 3.70. The zero-order valence-corrected chi connectivity index (χ0v) is 12.2. The minimum atomic E-state index is 0.00574. The van der Waals surface area contributed by atoms with Crippen LogP contribution in [0.1, 0.15) is 23.7 Å². The van der Waals surface area contributed by atoms with E-state index in [1.807, 2.05) is 4.90 Å². The van der Waals surface area contributed by atoms with Gasteiger partial charge in [-0.3, -0.25) is 4.79 Å². The van der Waals surface area contributed by atoms with E-state index in [-0.39, 0.29) is 5.91 Å². The summed E-state index contributed by atoms with van der Waals surface area (Å²) in [5.41, 5.74) is 0.542. The van der Waals surface area contributed by atoms with Gasteiger partial charge in [-0.2, -0.15) is 0 Å². The van der Waals surface area contributed by atoms with Crippen molar-refractivity contribution in [1.29, 1.82) is 0 Å². The van der Waals surface area contributed by atoms with Gasteiger partial charge in [-0.1, -0.05) is 22.9 Å². The number of alkyl halides is 1. The number of amides is 1. The second-order valence-electron chi connectivity index (χ2n) is 4.59. The number of rotatable bonds is 2. The van der Waals surface area contributed by atoms with E-state index in [1.54, 1.807) is 18.3 Å². The molecule has 1 aromatic heterocycles. The number of halogens is 1. The molecule has 1 aliphatic rings. The van der Waals surface area contributed by atoms with Crippen LogP contribution in [0.5, 0.6) is 5.88 Å². The minimum absolute atomic E-state index is 0.00574. The second-order valence-corrected chi connectivity index (χ2v) is 5.77. The Balaban J connectivity index is 2.16. The highest BCUT2D eigenvalue weighted by atomic mass is 79.9. The standard InChI is InChI=1S/C13H17BrN2O2/c1-9-8-16(7-5-11(9)14)13(17)10-4-3-6-15-12(10)18-2/h3-4,6,9,11H,5,7-8H2,1-2H3. The van der Waals surface area contributed by atoms with Crippen LogP contribution in [-0.4, -0.2) is 40.8 Å². The lowest BCUT2D eigenvalue weighted by molar-refractivity contribution is 0.0686. The van der Waals surface area contributed by atoms with Crippen molar-refractivity contribution in [1.82, 2.24) is 9.88 Å². The third-order valence-corrected chi connectivity index (χ3v) is 4.64. The van der Waals surface area contributed by atoms with Crippen molar-refractivity contribution in [3.63, 3.8) is 0 Å². The van der Waals surface area contributed by atoms with Crippen LogP contribution in [-0.2, 0) is 0 Å². The van der Waals surface area contributed by atoms with E-state index in [2.05, 4.69) is 27.8 Å². The Kier molecular flexibility index (Phi) is 4.22. The zero-order chi connectivity index (χ0) is 13.1. The molecular formula is C13H17BrN2O2. The lowest BCUT2D eigenvalue weighted by Crippen LogP contribution is -2.43. The van der Waals surface area contributed by atoms with Crippen molar-refractivity contribution in [2.75, 3.05) is 20.2 Å². The number of nitrogens with zero attached hydrogens (tertiary/aromatic N) is 2. The molecule has 18 heavy (non-hydrogen) atoms. The number of carbonyl (C=O) groups excluding carboxylic acids is 1. The summed E-state index contributed by atoms with van der Waals surface area (Å²) >= 11 is 3.64. The third kappa shape index (κ3) is 2.66. The number of ether oxygens (including phenoxy) is 1. The first-order valence-corrected chi connectivity index (χ1v) is 6.97. The summed E-state index contributed by atoms with van der Waals surface area (Å²) in [6, 6.07) is 3.52. The Morgan fingerprint density at radius 3 is 3.06 bits per heavy atom. The molecule has 0 aromatic carbocycles. The van der Waals surface area contributed by atoms with Crippen LogP contribution >= 0.6 is 15.9 Å². The number of methoxy groups -OCH3 is 1. The summed E-state index contributed by atoms with van der Waals surface area (Å²) in [6.07, 6.45) is 2.61. The fourth-order valence-electron chi connectivity index (χ4n) is 2.19. The molecule has 1 amide bonds. The Morgan fingerprint density at radius 2 is 2.39 bits per heavy atom. The number of hydrogen-bond donors (Lipinski definition) is 0. The average Bonchev–Trinajstić information content (AvgIpc) is 2.41. The minimum Gasteiger partial charge on any atom is -0.480 e. The smallest absolute Gasteiger partial charge is 0.259 e. The van der Waals surface area contributed by atoms with Gasteiger partial charge in [0.15, 0.2) is 0 Å². The second kappa shape index (κ2) is 5.69. The van der Waals surface area contributed by atoms with Crippen LogP contribution in [0.4, 0.5) is 0 Å². The van der Waals surface area contributed by atoms with E-state index in [9.17, 15) is 4.79 Å². The molecule has 2 heterocycles. The molecule has 1 aromatic rings. The Morgan fingerprint density at radius 1 is 1.61 bits per heavy atom. The monoisotopic (exact) mass is 312 g/mol. The average molecular weight is 313 g/mol. The van der Waals surface area contributed by atoms with Gasteiger partial charge in [-0.15, -0.1) is 0 Å². The van der Waals surface area contributed by atoms with Gasteiger partial charge in [-0.25, -0.2) is 4.98 Å². The van der Waals surface area contributed by atoms with Gasteiger partial charge in [0, 0.05) is 24.1 Å². The quantitative estimate of drug-likeness (QED) is 0.787. The predicted octanol–water partition coefficient (Wildman–Crippen LogP) is 2.34. The molecule has 0 bridgehead atoms. The number of carbonyl (C=O) groups is 1. The van der Waals surface area contributed by atoms with Crippen molar-refractivity contribution < 1.29 is 9.53 Å². The van der Waals surface area contributed by atoms with E-state index in [0.29, 0.717) is 22.2 Å². The first-order valence-electron chi connectivity index (χ1n) is 6.06. The maximum absolute atomic E-state index is 12.4. The lowest BCUT2D eigenvalue weighted by Gasteiger charge is -2.34. The van der Waals surface area contributed by atoms with Crippen LogP contribution in [0.25, 0.3) is 0 Å².